The van der Waals surface area contributed by atoms with Crippen LogP contribution in [0.25, 0.3) is 0 Å². The van der Waals surface area contributed by atoms with E-state index in [1.165, 1.54) is 0 Å². The van der Waals surface area contributed by atoms with Gasteiger partial charge in [-0.25, -0.2) is 0 Å². The molecule has 0 radical (unpaired) electrons. The summed E-state index contributed by atoms with van der Waals surface area (Å²) in [5, 5.41) is 5.24. The summed E-state index contributed by atoms with van der Waals surface area (Å²) in [5.41, 5.74) is 0. The van der Waals surface area contributed by atoms with Crippen molar-refractivity contribution >= 4 is 11.8 Å². The average Bonchev–Trinajstić information content (AvgIpc) is 2.13. The Balaban J connectivity index is 3.71. The molecule has 0 aromatic rings. The molecule has 0 aliphatic heterocycles. The topological polar surface area (TPSA) is 61.4 Å². The van der Waals surface area contributed by atoms with E-state index < -0.39 is 0 Å². The van der Waals surface area contributed by atoms with Crippen LogP contribution in [0.2, 0.25) is 0 Å². The van der Waals surface area contributed by atoms with Crippen LogP contribution in [0.15, 0.2) is 0 Å². The largest absolute Gasteiger partial charge is 0.347 e. The van der Waals surface area contributed by atoms with Crippen molar-refractivity contribution in [3.8, 4) is 0 Å². The molecule has 0 aromatic carbocycles. The van der Waals surface area contributed by atoms with Gasteiger partial charge in [-0.1, -0.05) is 6.92 Å². The summed E-state index contributed by atoms with van der Waals surface area (Å²) in [6.45, 7) is 3.67. The molecule has 0 aromatic heterocycles. The predicted molar refractivity (Wildman–Crippen MR) is 54.6 cm³/mol. The van der Waals surface area contributed by atoms with Gasteiger partial charge in [0.15, 0.2) is 0 Å². The van der Waals surface area contributed by atoms with Crippen LogP contribution in [0.3, 0.4) is 0 Å². The van der Waals surface area contributed by atoms with Crippen LogP contribution >= 0.6 is 0 Å². The molecular weight excluding hydrogens is 182 g/mol. The first-order valence-corrected chi connectivity index (χ1v) is 4.69. The van der Waals surface area contributed by atoms with Crippen molar-refractivity contribution in [2.75, 3.05) is 20.6 Å². The van der Waals surface area contributed by atoms with Crippen LogP contribution in [-0.2, 0) is 9.59 Å². The fourth-order valence-electron chi connectivity index (χ4n) is 0.717. The van der Waals surface area contributed by atoms with E-state index in [0.717, 1.165) is 0 Å². The third-order valence-corrected chi connectivity index (χ3v) is 1.91. The van der Waals surface area contributed by atoms with Crippen LogP contribution in [-0.4, -0.2) is 43.5 Å². The van der Waals surface area contributed by atoms with Gasteiger partial charge in [0.05, 0.1) is 12.7 Å². The highest BCUT2D eigenvalue weighted by molar-refractivity contribution is 5.84. The highest BCUT2D eigenvalue weighted by Crippen LogP contribution is 1.84. The molecule has 5 heteroatoms. The molecule has 82 valence electrons. The van der Waals surface area contributed by atoms with Crippen molar-refractivity contribution in [1.29, 1.82) is 0 Å². The van der Waals surface area contributed by atoms with Gasteiger partial charge in [-0.05, 0) is 21.0 Å². The summed E-state index contributed by atoms with van der Waals surface area (Å²) in [7, 11) is 3.74. The summed E-state index contributed by atoms with van der Waals surface area (Å²) in [6.07, 6.45) is 0.372. The van der Waals surface area contributed by atoms with Gasteiger partial charge >= 0.3 is 0 Å². The highest BCUT2D eigenvalue weighted by atomic mass is 16.2. The summed E-state index contributed by atoms with van der Waals surface area (Å²) < 4.78 is 0. The number of nitrogens with zero attached hydrogens (tertiary/aromatic N) is 1. The van der Waals surface area contributed by atoms with Crippen LogP contribution < -0.4 is 10.6 Å². The standard InChI is InChI=1S/C9H19N3O2/c1-5-8(13)10-6-9(14)11-7(2)12(3)4/h7H,5-6H2,1-4H3,(H,10,13)(H,11,14). The zero-order valence-electron chi connectivity index (χ0n) is 9.26. The minimum Gasteiger partial charge on any atom is -0.347 e. The molecule has 1 atom stereocenters. The Labute approximate surface area is 84.8 Å². The summed E-state index contributed by atoms with van der Waals surface area (Å²) in [4.78, 5) is 23.9. The Morgan fingerprint density at radius 2 is 1.86 bits per heavy atom. The number of amides is 2. The van der Waals surface area contributed by atoms with E-state index in [2.05, 4.69) is 10.6 Å². The molecule has 0 saturated heterocycles. The number of rotatable bonds is 5. The normalized spacial score (nSPS) is 12.4. The molecule has 2 amide bonds. The van der Waals surface area contributed by atoms with E-state index in [1.807, 2.05) is 25.9 Å². The molecule has 1 unspecified atom stereocenters. The maximum atomic E-state index is 11.2. The third kappa shape index (κ3) is 5.53. The Bertz CT molecular complexity index is 204. The maximum absolute atomic E-state index is 11.2. The van der Waals surface area contributed by atoms with E-state index in [1.54, 1.807) is 6.92 Å². The SMILES string of the molecule is CCC(=O)NCC(=O)NC(C)N(C)C. The van der Waals surface area contributed by atoms with Crippen LogP contribution in [0.5, 0.6) is 0 Å². The van der Waals surface area contributed by atoms with Gasteiger partial charge in [-0.3, -0.25) is 14.5 Å². The lowest BCUT2D eigenvalue weighted by molar-refractivity contribution is -0.126. The number of carbonyl (C=O) groups is 2. The van der Waals surface area contributed by atoms with E-state index in [-0.39, 0.29) is 24.5 Å². The first kappa shape index (κ1) is 12.9. The summed E-state index contributed by atoms with van der Waals surface area (Å²) >= 11 is 0. The summed E-state index contributed by atoms with van der Waals surface area (Å²) in [5.74, 6) is -0.286. The van der Waals surface area contributed by atoms with Gasteiger partial charge < -0.3 is 10.6 Å². The van der Waals surface area contributed by atoms with E-state index in [9.17, 15) is 9.59 Å². The second-order valence-electron chi connectivity index (χ2n) is 3.34. The minimum atomic E-state index is -0.173. The Hall–Kier alpha value is -1.10. The lowest BCUT2D eigenvalue weighted by atomic mass is 10.4. The van der Waals surface area contributed by atoms with Gasteiger partial charge in [0.25, 0.3) is 0 Å². The first-order chi connectivity index (χ1) is 6.47. The maximum Gasteiger partial charge on any atom is 0.240 e. The lowest BCUT2D eigenvalue weighted by Crippen LogP contribution is -2.46. The van der Waals surface area contributed by atoms with Crippen LogP contribution in [0.4, 0.5) is 0 Å². The van der Waals surface area contributed by atoms with Crippen molar-refractivity contribution < 1.29 is 9.59 Å². The molecule has 2 N–H and O–H groups in total. The molecule has 0 fully saturated rings. The Morgan fingerprint density at radius 1 is 1.29 bits per heavy atom. The van der Waals surface area contributed by atoms with Crippen molar-refractivity contribution in [3.63, 3.8) is 0 Å². The van der Waals surface area contributed by atoms with Gasteiger partial charge in [0, 0.05) is 6.42 Å². The molecule has 0 aliphatic rings. The minimum absolute atomic E-state index is 0.0268. The molecular formula is C9H19N3O2. The smallest absolute Gasteiger partial charge is 0.240 e. The highest BCUT2D eigenvalue weighted by Gasteiger charge is 2.08. The zero-order chi connectivity index (χ0) is 11.1. The Morgan fingerprint density at radius 3 is 2.29 bits per heavy atom. The van der Waals surface area contributed by atoms with Gasteiger partial charge in [0.2, 0.25) is 11.8 Å². The van der Waals surface area contributed by atoms with Gasteiger partial charge in [-0.15, -0.1) is 0 Å². The van der Waals surface area contributed by atoms with Crippen LogP contribution in [0, 0.1) is 0 Å². The molecule has 14 heavy (non-hydrogen) atoms. The number of hydrogen-bond acceptors (Lipinski definition) is 3. The zero-order valence-corrected chi connectivity index (χ0v) is 9.26. The number of nitrogens with one attached hydrogen (secondary N) is 2. The fraction of sp³-hybridized carbons (Fsp3) is 0.778. The quantitative estimate of drug-likeness (QED) is 0.591. The van der Waals surface area contributed by atoms with Gasteiger partial charge in [-0.2, -0.15) is 0 Å². The molecule has 0 saturated carbocycles. The monoisotopic (exact) mass is 201 g/mol. The molecule has 5 nitrogen and oxygen atoms in total. The predicted octanol–water partition coefficient (Wildman–Crippen LogP) is -0.464. The second kappa shape index (κ2) is 6.37. The van der Waals surface area contributed by atoms with E-state index >= 15 is 0 Å². The van der Waals surface area contributed by atoms with Crippen LogP contribution in [0.1, 0.15) is 20.3 Å². The molecule has 0 heterocycles. The lowest BCUT2D eigenvalue weighted by Gasteiger charge is -2.20. The Kier molecular flexibility index (Phi) is 5.87. The van der Waals surface area contributed by atoms with Crippen molar-refractivity contribution in [2.24, 2.45) is 0 Å². The van der Waals surface area contributed by atoms with Crippen molar-refractivity contribution in [3.05, 3.63) is 0 Å². The molecule has 0 aliphatic carbocycles. The summed E-state index contributed by atoms with van der Waals surface area (Å²) in [6, 6.07) is 0. The van der Waals surface area contributed by atoms with E-state index in [4.69, 9.17) is 0 Å². The molecule has 0 spiro atoms. The van der Waals surface area contributed by atoms with Crippen molar-refractivity contribution in [2.45, 2.75) is 26.4 Å². The number of hydrogen-bond donors (Lipinski definition) is 2. The average molecular weight is 201 g/mol. The second-order valence-corrected chi connectivity index (χ2v) is 3.34. The first-order valence-electron chi connectivity index (χ1n) is 4.69. The third-order valence-electron chi connectivity index (χ3n) is 1.91. The van der Waals surface area contributed by atoms with Gasteiger partial charge in [0.1, 0.15) is 0 Å². The number of carbonyl (C=O) groups excluding carboxylic acids is 2. The van der Waals surface area contributed by atoms with Crippen molar-refractivity contribution in [1.82, 2.24) is 15.5 Å². The fourth-order valence-corrected chi connectivity index (χ4v) is 0.717. The molecule has 0 bridgehead atoms. The molecule has 0 rings (SSSR count). The van der Waals surface area contributed by atoms with E-state index in [0.29, 0.717) is 6.42 Å².